The molecule has 1 saturated heterocycles. The molecule has 1 aliphatic rings. The molecule has 0 spiro atoms. The van der Waals surface area contributed by atoms with Crippen LogP contribution in [-0.4, -0.2) is 24.9 Å². The minimum atomic E-state index is -0.778. The Hall–Kier alpha value is -1.13. The topological polar surface area (TPSA) is 38.7 Å². The molecule has 0 aliphatic carbocycles. The zero-order chi connectivity index (χ0) is 13.0. The second kappa shape index (κ2) is 6.16. The standard InChI is InChI=1S/C14H19FO3/c1-17-11-4-6-12(13(15)9-11)14(16)7-5-10-3-2-8-18-10/h4,6,9-10,14,16H,2-3,5,7-8H2,1H3. The number of rotatable bonds is 5. The van der Waals surface area contributed by atoms with E-state index in [1.54, 1.807) is 12.1 Å². The molecule has 100 valence electrons. The van der Waals surface area contributed by atoms with Crippen LogP contribution >= 0.6 is 0 Å². The predicted molar refractivity (Wildman–Crippen MR) is 66.1 cm³/mol. The van der Waals surface area contributed by atoms with E-state index in [2.05, 4.69) is 0 Å². The summed E-state index contributed by atoms with van der Waals surface area (Å²) in [5.74, 6) is 0.0387. The highest BCUT2D eigenvalue weighted by molar-refractivity contribution is 5.30. The Morgan fingerprint density at radius 1 is 1.56 bits per heavy atom. The molecule has 1 aliphatic heterocycles. The maximum absolute atomic E-state index is 13.7. The van der Waals surface area contributed by atoms with Crippen molar-refractivity contribution in [3.8, 4) is 5.75 Å². The maximum Gasteiger partial charge on any atom is 0.132 e. The lowest BCUT2D eigenvalue weighted by Gasteiger charge is -2.15. The summed E-state index contributed by atoms with van der Waals surface area (Å²) < 4.78 is 24.1. The fourth-order valence-electron chi connectivity index (χ4n) is 2.28. The smallest absolute Gasteiger partial charge is 0.132 e. The second-order valence-electron chi connectivity index (χ2n) is 4.62. The Balaban J connectivity index is 1.93. The van der Waals surface area contributed by atoms with Gasteiger partial charge in [-0.05, 0) is 37.8 Å². The molecule has 4 heteroatoms. The van der Waals surface area contributed by atoms with E-state index in [0.717, 1.165) is 25.9 Å². The Bertz CT molecular complexity index is 389. The highest BCUT2D eigenvalue weighted by Crippen LogP contribution is 2.27. The quantitative estimate of drug-likeness (QED) is 0.878. The van der Waals surface area contributed by atoms with Crippen molar-refractivity contribution in [3.05, 3.63) is 29.6 Å². The van der Waals surface area contributed by atoms with E-state index in [1.807, 2.05) is 0 Å². The minimum absolute atomic E-state index is 0.223. The molecule has 1 heterocycles. The number of aliphatic hydroxyl groups is 1. The summed E-state index contributed by atoms with van der Waals surface area (Å²) in [6.45, 7) is 0.803. The van der Waals surface area contributed by atoms with Crippen LogP contribution in [0.4, 0.5) is 4.39 Å². The van der Waals surface area contributed by atoms with Gasteiger partial charge in [-0.2, -0.15) is 0 Å². The molecule has 1 aromatic rings. The van der Waals surface area contributed by atoms with Crippen LogP contribution in [0, 0.1) is 5.82 Å². The number of methoxy groups -OCH3 is 1. The largest absolute Gasteiger partial charge is 0.497 e. The summed E-state index contributed by atoms with van der Waals surface area (Å²) in [6, 6.07) is 4.53. The molecule has 2 unspecified atom stereocenters. The first-order valence-corrected chi connectivity index (χ1v) is 6.34. The number of hydrogen-bond donors (Lipinski definition) is 1. The minimum Gasteiger partial charge on any atom is -0.497 e. The van der Waals surface area contributed by atoms with Crippen molar-refractivity contribution in [1.29, 1.82) is 0 Å². The highest BCUT2D eigenvalue weighted by atomic mass is 19.1. The first-order valence-electron chi connectivity index (χ1n) is 6.34. The van der Waals surface area contributed by atoms with Gasteiger partial charge in [0.05, 0.1) is 19.3 Å². The summed E-state index contributed by atoms with van der Waals surface area (Å²) in [7, 11) is 1.49. The van der Waals surface area contributed by atoms with Gasteiger partial charge in [0.1, 0.15) is 11.6 Å². The predicted octanol–water partition coefficient (Wildman–Crippen LogP) is 2.83. The SMILES string of the molecule is COc1ccc(C(O)CCC2CCCO2)c(F)c1. The van der Waals surface area contributed by atoms with Crippen LogP contribution in [-0.2, 0) is 4.74 Å². The Morgan fingerprint density at radius 2 is 2.39 bits per heavy atom. The average Bonchev–Trinajstić information content (AvgIpc) is 2.88. The Labute approximate surface area is 107 Å². The van der Waals surface area contributed by atoms with Crippen molar-refractivity contribution in [3.63, 3.8) is 0 Å². The van der Waals surface area contributed by atoms with Gasteiger partial charge >= 0.3 is 0 Å². The van der Waals surface area contributed by atoms with E-state index in [-0.39, 0.29) is 6.10 Å². The molecule has 2 atom stereocenters. The zero-order valence-electron chi connectivity index (χ0n) is 10.6. The molecule has 0 saturated carbocycles. The van der Waals surface area contributed by atoms with Crippen molar-refractivity contribution >= 4 is 0 Å². The summed E-state index contributed by atoms with van der Waals surface area (Å²) in [5, 5.41) is 9.99. The van der Waals surface area contributed by atoms with Crippen molar-refractivity contribution in [2.45, 2.75) is 37.9 Å². The van der Waals surface area contributed by atoms with Gasteiger partial charge in [-0.15, -0.1) is 0 Å². The fraction of sp³-hybridized carbons (Fsp3) is 0.571. The average molecular weight is 254 g/mol. The molecule has 18 heavy (non-hydrogen) atoms. The van der Waals surface area contributed by atoms with Gasteiger partial charge in [0.2, 0.25) is 0 Å². The molecular formula is C14H19FO3. The molecule has 0 radical (unpaired) electrons. The summed E-state index contributed by atoms with van der Waals surface area (Å²) in [4.78, 5) is 0. The van der Waals surface area contributed by atoms with Gasteiger partial charge in [-0.25, -0.2) is 4.39 Å². The highest BCUT2D eigenvalue weighted by Gasteiger charge is 2.19. The van der Waals surface area contributed by atoms with Gasteiger partial charge in [0.25, 0.3) is 0 Å². The van der Waals surface area contributed by atoms with E-state index in [4.69, 9.17) is 9.47 Å². The first kappa shape index (κ1) is 13.3. The van der Waals surface area contributed by atoms with Gasteiger partial charge < -0.3 is 14.6 Å². The van der Waals surface area contributed by atoms with Crippen LogP contribution in [0.2, 0.25) is 0 Å². The van der Waals surface area contributed by atoms with E-state index < -0.39 is 11.9 Å². The first-order chi connectivity index (χ1) is 8.70. The second-order valence-corrected chi connectivity index (χ2v) is 4.62. The van der Waals surface area contributed by atoms with E-state index in [0.29, 0.717) is 17.7 Å². The van der Waals surface area contributed by atoms with Crippen molar-refractivity contribution < 1.29 is 19.0 Å². The van der Waals surface area contributed by atoms with Crippen LogP contribution in [0.3, 0.4) is 0 Å². The van der Waals surface area contributed by atoms with Crippen molar-refractivity contribution in [1.82, 2.24) is 0 Å². The normalized spacial score (nSPS) is 20.9. The molecule has 1 N–H and O–H groups in total. The third kappa shape index (κ3) is 3.21. The van der Waals surface area contributed by atoms with Gasteiger partial charge in [-0.3, -0.25) is 0 Å². The summed E-state index contributed by atoms with van der Waals surface area (Å²) >= 11 is 0. The Kier molecular flexibility index (Phi) is 4.55. The molecule has 1 aromatic carbocycles. The van der Waals surface area contributed by atoms with Gasteiger partial charge in [0, 0.05) is 18.2 Å². The van der Waals surface area contributed by atoms with Crippen LogP contribution in [0.1, 0.15) is 37.4 Å². The van der Waals surface area contributed by atoms with Crippen molar-refractivity contribution in [2.75, 3.05) is 13.7 Å². The lowest BCUT2D eigenvalue weighted by molar-refractivity contribution is 0.0803. The molecule has 2 rings (SSSR count). The number of aliphatic hydroxyl groups excluding tert-OH is 1. The molecule has 3 nitrogen and oxygen atoms in total. The number of hydrogen-bond acceptors (Lipinski definition) is 3. The molecular weight excluding hydrogens is 235 g/mol. The van der Waals surface area contributed by atoms with Crippen LogP contribution in [0.25, 0.3) is 0 Å². The zero-order valence-corrected chi connectivity index (χ0v) is 10.6. The number of benzene rings is 1. The fourth-order valence-corrected chi connectivity index (χ4v) is 2.28. The molecule has 0 bridgehead atoms. The van der Waals surface area contributed by atoms with E-state index in [9.17, 15) is 9.50 Å². The molecule has 0 aromatic heterocycles. The van der Waals surface area contributed by atoms with Crippen molar-refractivity contribution in [2.24, 2.45) is 0 Å². The number of ether oxygens (including phenoxy) is 2. The van der Waals surface area contributed by atoms with Crippen LogP contribution < -0.4 is 4.74 Å². The van der Waals surface area contributed by atoms with E-state index >= 15 is 0 Å². The van der Waals surface area contributed by atoms with E-state index in [1.165, 1.54) is 13.2 Å². The molecule has 0 amide bonds. The summed E-state index contributed by atoms with van der Waals surface area (Å²) in [6.07, 6.45) is 2.86. The third-order valence-electron chi connectivity index (χ3n) is 3.35. The van der Waals surface area contributed by atoms with Crippen LogP contribution in [0.15, 0.2) is 18.2 Å². The third-order valence-corrected chi connectivity index (χ3v) is 3.35. The van der Waals surface area contributed by atoms with Gasteiger partial charge in [-0.1, -0.05) is 0 Å². The van der Waals surface area contributed by atoms with Gasteiger partial charge in [0.15, 0.2) is 0 Å². The monoisotopic (exact) mass is 254 g/mol. The lowest BCUT2D eigenvalue weighted by Crippen LogP contribution is -2.09. The lowest BCUT2D eigenvalue weighted by atomic mass is 10.0. The Morgan fingerprint density at radius 3 is 3.00 bits per heavy atom. The molecule has 1 fully saturated rings. The number of halogens is 1. The maximum atomic E-state index is 13.7. The summed E-state index contributed by atoms with van der Waals surface area (Å²) in [5.41, 5.74) is 0.328. The van der Waals surface area contributed by atoms with Crippen LogP contribution in [0.5, 0.6) is 5.75 Å².